The summed E-state index contributed by atoms with van der Waals surface area (Å²) in [7, 11) is 0. The third-order valence-electron chi connectivity index (χ3n) is 4.56. The molecule has 0 unspecified atom stereocenters. The lowest BCUT2D eigenvalue weighted by atomic mass is 10.1. The largest absolute Gasteiger partial charge is 0.340 e. The first kappa shape index (κ1) is 17.4. The van der Waals surface area contributed by atoms with Crippen LogP contribution < -0.4 is 10.6 Å². The first-order valence-electron chi connectivity index (χ1n) is 8.77. The van der Waals surface area contributed by atoms with Crippen LogP contribution in [-0.4, -0.2) is 20.5 Å². The Labute approximate surface area is 169 Å². The van der Waals surface area contributed by atoms with Gasteiger partial charge in [0.2, 0.25) is 0 Å². The van der Waals surface area contributed by atoms with Gasteiger partial charge in [0.25, 0.3) is 5.91 Å². The summed E-state index contributed by atoms with van der Waals surface area (Å²) in [5.41, 5.74) is 3.46. The van der Waals surface area contributed by atoms with Gasteiger partial charge in [-0.3, -0.25) is 4.79 Å². The van der Waals surface area contributed by atoms with E-state index in [1.165, 1.54) is 12.1 Å². The second-order valence-electron chi connectivity index (χ2n) is 6.52. The van der Waals surface area contributed by atoms with Crippen molar-refractivity contribution >= 4 is 52.0 Å². The molecule has 6 nitrogen and oxygen atoms in total. The average Bonchev–Trinajstić information content (AvgIpc) is 3.23. The highest BCUT2D eigenvalue weighted by Crippen LogP contribution is 2.34. The molecule has 1 aliphatic rings. The predicted molar refractivity (Wildman–Crippen MR) is 111 cm³/mol. The van der Waals surface area contributed by atoms with Crippen LogP contribution in [-0.2, 0) is 4.79 Å². The molecule has 3 heterocycles. The molecule has 0 spiro atoms. The average molecular weight is 406 g/mol. The van der Waals surface area contributed by atoms with Gasteiger partial charge in [0, 0.05) is 39.3 Å². The summed E-state index contributed by atoms with van der Waals surface area (Å²) in [4.78, 5) is 17.0. The predicted octanol–water partition coefficient (Wildman–Crippen LogP) is 4.76. The summed E-state index contributed by atoms with van der Waals surface area (Å²) in [6.45, 7) is 0. The summed E-state index contributed by atoms with van der Waals surface area (Å²) in [5, 5.41) is 10.8. The van der Waals surface area contributed by atoms with E-state index in [2.05, 4.69) is 20.7 Å². The standard InChI is InChI=1S/C21H13ClFN5O/c22-13-2-1-3-15(9-13)25-19-6-7-28-20(27-19)12(11-24-28)8-17-16-10-14(23)4-5-18(16)26-21(17)29/h1-11H,(H,25,27)(H,26,29). The smallest absolute Gasteiger partial charge is 0.256 e. The summed E-state index contributed by atoms with van der Waals surface area (Å²) in [6, 6.07) is 13.3. The summed E-state index contributed by atoms with van der Waals surface area (Å²) >= 11 is 6.03. The molecule has 1 amide bonds. The molecule has 0 atom stereocenters. The number of anilines is 3. The number of halogens is 2. The van der Waals surface area contributed by atoms with Crippen LogP contribution >= 0.6 is 11.6 Å². The van der Waals surface area contributed by atoms with Gasteiger partial charge in [0.05, 0.1) is 6.20 Å². The minimum atomic E-state index is -0.405. The van der Waals surface area contributed by atoms with Gasteiger partial charge in [-0.05, 0) is 48.5 Å². The summed E-state index contributed by atoms with van der Waals surface area (Å²) < 4.78 is 15.3. The van der Waals surface area contributed by atoms with E-state index in [1.54, 1.807) is 47.3 Å². The maximum Gasteiger partial charge on any atom is 0.256 e. The molecule has 0 aliphatic carbocycles. The topological polar surface area (TPSA) is 71.3 Å². The molecule has 0 bridgehead atoms. The second-order valence-corrected chi connectivity index (χ2v) is 6.95. The fourth-order valence-electron chi connectivity index (χ4n) is 3.23. The Morgan fingerprint density at radius 1 is 1.17 bits per heavy atom. The lowest BCUT2D eigenvalue weighted by Gasteiger charge is -2.06. The molecule has 4 aromatic rings. The minimum Gasteiger partial charge on any atom is -0.340 e. The van der Waals surface area contributed by atoms with Crippen molar-refractivity contribution < 1.29 is 9.18 Å². The van der Waals surface area contributed by atoms with Crippen LogP contribution in [0.2, 0.25) is 5.02 Å². The van der Waals surface area contributed by atoms with Crippen LogP contribution in [0.25, 0.3) is 17.3 Å². The molecule has 2 N–H and O–H groups in total. The van der Waals surface area contributed by atoms with Gasteiger partial charge in [0.1, 0.15) is 11.6 Å². The molecular weight excluding hydrogens is 393 g/mol. The Hall–Kier alpha value is -3.71. The first-order valence-corrected chi connectivity index (χ1v) is 9.14. The van der Waals surface area contributed by atoms with Gasteiger partial charge in [0.15, 0.2) is 5.65 Å². The number of carbonyl (C=O) groups is 1. The fourth-order valence-corrected chi connectivity index (χ4v) is 3.42. The molecule has 8 heteroatoms. The molecule has 142 valence electrons. The third kappa shape index (κ3) is 3.21. The van der Waals surface area contributed by atoms with Gasteiger partial charge in [-0.1, -0.05) is 17.7 Å². The van der Waals surface area contributed by atoms with Crippen LogP contribution in [0.4, 0.5) is 21.6 Å². The minimum absolute atomic E-state index is 0.293. The van der Waals surface area contributed by atoms with Gasteiger partial charge in [-0.15, -0.1) is 0 Å². The van der Waals surface area contributed by atoms with Crippen LogP contribution in [0, 0.1) is 5.82 Å². The molecule has 0 fully saturated rings. The number of benzene rings is 2. The Morgan fingerprint density at radius 3 is 2.93 bits per heavy atom. The van der Waals surface area contributed by atoms with Crippen LogP contribution in [0.5, 0.6) is 0 Å². The zero-order chi connectivity index (χ0) is 20.0. The quantitative estimate of drug-likeness (QED) is 0.482. The van der Waals surface area contributed by atoms with E-state index in [4.69, 9.17) is 11.6 Å². The van der Waals surface area contributed by atoms with E-state index >= 15 is 0 Å². The van der Waals surface area contributed by atoms with Crippen LogP contribution in [0.3, 0.4) is 0 Å². The van der Waals surface area contributed by atoms with E-state index in [9.17, 15) is 9.18 Å². The van der Waals surface area contributed by atoms with Crippen LogP contribution in [0.1, 0.15) is 11.1 Å². The zero-order valence-electron chi connectivity index (χ0n) is 14.9. The summed E-state index contributed by atoms with van der Waals surface area (Å²) in [5.74, 6) is -0.0995. The molecule has 5 rings (SSSR count). The molecule has 0 saturated carbocycles. The second kappa shape index (κ2) is 6.72. The lowest BCUT2D eigenvalue weighted by Crippen LogP contribution is -2.03. The molecule has 2 aromatic carbocycles. The highest BCUT2D eigenvalue weighted by atomic mass is 35.5. The number of hydrogen-bond donors (Lipinski definition) is 2. The van der Waals surface area contributed by atoms with Crippen molar-refractivity contribution in [3.8, 4) is 0 Å². The van der Waals surface area contributed by atoms with Crippen molar-refractivity contribution in [3.63, 3.8) is 0 Å². The Balaban J connectivity index is 1.55. The number of carbonyl (C=O) groups excluding carboxylic acids is 1. The molecular formula is C21H13ClFN5O. The Bertz CT molecular complexity index is 1310. The SMILES string of the molecule is O=C1Nc2ccc(F)cc2C1=Cc1cnn2ccc(Nc3cccc(Cl)c3)nc12. The maximum atomic E-state index is 13.7. The molecule has 2 aromatic heterocycles. The van der Waals surface area contributed by atoms with E-state index in [0.29, 0.717) is 38.9 Å². The van der Waals surface area contributed by atoms with Gasteiger partial charge >= 0.3 is 0 Å². The normalized spacial score (nSPS) is 14.3. The van der Waals surface area contributed by atoms with E-state index in [0.717, 1.165) is 5.69 Å². The first-order chi connectivity index (χ1) is 14.1. The maximum absolute atomic E-state index is 13.7. The number of nitrogens with one attached hydrogen (secondary N) is 2. The molecule has 1 aliphatic heterocycles. The van der Waals surface area contributed by atoms with E-state index in [1.807, 2.05) is 12.1 Å². The monoisotopic (exact) mass is 405 g/mol. The summed E-state index contributed by atoms with van der Waals surface area (Å²) in [6.07, 6.45) is 5.04. The van der Waals surface area contributed by atoms with Crippen molar-refractivity contribution in [2.45, 2.75) is 0 Å². The number of amides is 1. The van der Waals surface area contributed by atoms with Crippen molar-refractivity contribution in [2.24, 2.45) is 0 Å². The number of nitrogens with zero attached hydrogens (tertiary/aromatic N) is 3. The number of hydrogen-bond acceptors (Lipinski definition) is 4. The lowest BCUT2D eigenvalue weighted by molar-refractivity contribution is -0.110. The Morgan fingerprint density at radius 2 is 2.07 bits per heavy atom. The third-order valence-corrected chi connectivity index (χ3v) is 4.79. The van der Waals surface area contributed by atoms with Gasteiger partial charge in [-0.2, -0.15) is 5.10 Å². The molecule has 29 heavy (non-hydrogen) atoms. The number of fused-ring (bicyclic) bond motifs is 2. The van der Waals surface area contributed by atoms with E-state index in [-0.39, 0.29) is 5.91 Å². The number of rotatable bonds is 3. The Kier molecular flexibility index (Phi) is 4.03. The van der Waals surface area contributed by atoms with Gasteiger partial charge < -0.3 is 10.6 Å². The highest BCUT2D eigenvalue weighted by molar-refractivity contribution is 6.35. The van der Waals surface area contributed by atoms with Crippen LogP contribution in [0.15, 0.2) is 60.9 Å². The number of aromatic nitrogens is 3. The molecule has 0 saturated heterocycles. The van der Waals surface area contributed by atoms with Crippen molar-refractivity contribution in [1.82, 2.24) is 14.6 Å². The van der Waals surface area contributed by atoms with Crippen molar-refractivity contribution in [2.75, 3.05) is 10.6 Å². The van der Waals surface area contributed by atoms with Gasteiger partial charge in [-0.25, -0.2) is 13.9 Å². The fraction of sp³-hybridized carbons (Fsp3) is 0. The van der Waals surface area contributed by atoms with Crippen molar-refractivity contribution in [1.29, 1.82) is 0 Å². The van der Waals surface area contributed by atoms with E-state index < -0.39 is 5.82 Å². The van der Waals surface area contributed by atoms with Crippen molar-refractivity contribution in [3.05, 3.63) is 82.9 Å². The molecule has 0 radical (unpaired) electrons. The zero-order valence-corrected chi connectivity index (χ0v) is 15.6. The highest BCUT2D eigenvalue weighted by Gasteiger charge is 2.25.